The third-order valence-corrected chi connectivity index (χ3v) is 16.6. The van der Waals surface area contributed by atoms with Gasteiger partial charge in [0.15, 0.2) is 0 Å². The lowest BCUT2D eigenvalue weighted by Gasteiger charge is -2.29. The van der Waals surface area contributed by atoms with E-state index >= 15 is 0 Å². The van der Waals surface area contributed by atoms with Gasteiger partial charge in [0, 0.05) is 22.5 Å². The molecule has 1 heteroatoms. The van der Waals surface area contributed by atoms with Crippen molar-refractivity contribution in [3.8, 4) is 33.4 Å². The zero-order valence-corrected chi connectivity index (χ0v) is 42.4. The van der Waals surface area contributed by atoms with Gasteiger partial charge < -0.3 is 4.90 Å². The standard InChI is InChI=1S/C75H51N/c1-75(2)73-42-49(30-29-48-31-33-52-43-69(50-17-5-3-6-18-50)70(44-53(52)41-48)51-19-7-4-8-20-51)32-37-67(73)68-40-36-56(47-74(68)75)76(54-34-38-65-61-25-11-9-21-57(61)59-23-13-15-27-63(59)71(65)45-54)55-35-39-66-62-26-12-10-22-58(62)60-24-14-16-28-64(60)72(66)46-55/h3-47H,1-2H3/b30-29+. The van der Waals surface area contributed by atoms with Crippen molar-refractivity contribution in [1.29, 1.82) is 0 Å². The summed E-state index contributed by atoms with van der Waals surface area (Å²) < 4.78 is 0. The number of rotatable bonds is 7. The summed E-state index contributed by atoms with van der Waals surface area (Å²) in [4.78, 5) is 2.50. The second-order valence-electron chi connectivity index (χ2n) is 21.2. The Bertz CT molecular complexity index is 4490. The summed E-state index contributed by atoms with van der Waals surface area (Å²) in [5.41, 5.74) is 15.7. The molecule has 0 saturated heterocycles. The van der Waals surface area contributed by atoms with Crippen LogP contribution in [0.3, 0.4) is 0 Å². The number of anilines is 3. The van der Waals surface area contributed by atoms with Gasteiger partial charge in [-0.25, -0.2) is 0 Å². The van der Waals surface area contributed by atoms with Crippen molar-refractivity contribution in [3.05, 3.63) is 283 Å². The predicted molar refractivity (Wildman–Crippen MR) is 327 cm³/mol. The predicted octanol–water partition coefficient (Wildman–Crippen LogP) is 21.0. The van der Waals surface area contributed by atoms with E-state index in [-0.39, 0.29) is 5.41 Å². The quantitative estimate of drug-likeness (QED) is 0.114. The normalized spacial score (nSPS) is 12.9. The highest BCUT2D eigenvalue weighted by Gasteiger charge is 2.36. The molecule has 76 heavy (non-hydrogen) atoms. The van der Waals surface area contributed by atoms with E-state index in [0.29, 0.717) is 0 Å². The zero-order valence-electron chi connectivity index (χ0n) is 42.4. The highest BCUT2D eigenvalue weighted by Crippen LogP contribution is 2.52. The molecule has 0 unspecified atom stereocenters. The van der Waals surface area contributed by atoms with Crippen LogP contribution >= 0.6 is 0 Å². The second kappa shape index (κ2) is 17.3. The lowest BCUT2D eigenvalue weighted by atomic mass is 9.81. The largest absolute Gasteiger partial charge is 0.310 e. The van der Waals surface area contributed by atoms with Gasteiger partial charge in [-0.15, -0.1) is 0 Å². The Hall–Kier alpha value is -9.56. The maximum Gasteiger partial charge on any atom is 0.0468 e. The van der Waals surface area contributed by atoms with Gasteiger partial charge in [0.05, 0.1) is 0 Å². The molecule has 14 aromatic rings. The Balaban J connectivity index is 0.837. The molecule has 0 atom stereocenters. The fourth-order valence-electron chi connectivity index (χ4n) is 12.8. The molecule has 0 saturated carbocycles. The van der Waals surface area contributed by atoms with Gasteiger partial charge in [-0.1, -0.05) is 232 Å². The summed E-state index contributed by atoms with van der Waals surface area (Å²) in [6.45, 7) is 4.80. The third-order valence-electron chi connectivity index (χ3n) is 16.6. The van der Waals surface area contributed by atoms with Crippen molar-refractivity contribution in [2.75, 3.05) is 4.90 Å². The van der Waals surface area contributed by atoms with Gasteiger partial charge in [0.1, 0.15) is 0 Å². The fraction of sp³-hybridized carbons (Fsp3) is 0.0400. The smallest absolute Gasteiger partial charge is 0.0468 e. The first kappa shape index (κ1) is 44.0. The van der Waals surface area contributed by atoms with E-state index in [1.165, 1.54) is 131 Å². The van der Waals surface area contributed by atoms with Gasteiger partial charge in [-0.05, 0) is 186 Å². The lowest BCUT2D eigenvalue weighted by molar-refractivity contribution is 0.660. The highest BCUT2D eigenvalue weighted by molar-refractivity contribution is 6.27. The molecule has 15 rings (SSSR count). The van der Waals surface area contributed by atoms with E-state index in [1.54, 1.807) is 0 Å². The minimum absolute atomic E-state index is 0.250. The van der Waals surface area contributed by atoms with Crippen LogP contribution in [0.5, 0.6) is 0 Å². The van der Waals surface area contributed by atoms with Crippen LogP contribution in [0.15, 0.2) is 261 Å². The molecule has 0 N–H and O–H groups in total. The molecule has 0 spiro atoms. The minimum Gasteiger partial charge on any atom is -0.310 e. The average molecular weight is 966 g/mol. The third kappa shape index (κ3) is 7.00. The number of benzene rings is 14. The van der Waals surface area contributed by atoms with Gasteiger partial charge in [-0.2, -0.15) is 0 Å². The van der Waals surface area contributed by atoms with Crippen LogP contribution in [0, 0.1) is 0 Å². The van der Waals surface area contributed by atoms with Crippen LogP contribution in [0.25, 0.3) is 121 Å². The fourth-order valence-corrected chi connectivity index (χ4v) is 12.8. The SMILES string of the molecule is CC1(C)c2cc(/C=C/c3ccc4cc(-c5ccccc5)c(-c5ccccc5)cc4c3)ccc2-c2ccc(N(c3ccc4c5ccccc5c5ccccc5c4c3)c3ccc4c5ccccc5c5ccccc5c4c3)cc21. The van der Waals surface area contributed by atoms with Crippen molar-refractivity contribution in [1.82, 2.24) is 0 Å². The van der Waals surface area contributed by atoms with Crippen molar-refractivity contribution in [2.24, 2.45) is 0 Å². The second-order valence-corrected chi connectivity index (χ2v) is 21.2. The van der Waals surface area contributed by atoms with Crippen LogP contribution in [0.4, 0.5) is 17.1 Å². The average Bonchev–Trinajstić information content (AvgIpc) is 3.84. The van der Waals surface area contributed by atoms with Gasteiger partial charge >= 0.3 is 0 Å². The van der Waals surface area contributed by atoms with Crippen molar-refractivity contribution < 1.29 is 0 Å². The summed E-state index contributed by atoms with van der Waals surface area (Å²) in [6.07, 6.45) is 4.55. The first-order chi connectivity index (χ1) is 37.4. The van der Waals surface area contributed by atoms with Gasteiger partial charge in [0.25, 0.3) is 0 Å². The van der Waals surface area contributed by atoms with E-state index in [4.69, 9.17) is 0 Å². The highest BCUT2D eigenvalue weighted by atomic mass is 15.1. The van der Waals surface area contributed by atoms with E-state index in [1.807, 2.05) is 0 Å². The van der Waals surface area contributed by atoms with Crippen molar-refractivity contribution >= 4 is 105 Å². The van der Waals surface area contributed by atoms with E-state index in [2.05, 4.69) is 292 Å². The maximum absolute atomic E-state index is 2.50. The van der Waals surface area contributed by atoms with Gasteiger partial charge in [0.2, 0.25) is 0 Å². The summed E-state index contributed by atoms with van der Waals surface area (Å²) in [5, 5.41) is 17.7. The molecule has 0 aliphatic heterocycles. The Morgan fingerprint density at radius 3 is 1.11 bits per heavy atom. The molecule has 0 heterocycles. The lowest BCUT2D eigenvalue weighted by Crippen LogP contribution is -2.16. The molecule has 0 aromatic heterocycles. The van der Waals surface area contributed by atoms with E-state index < -0.39 is 0 Å². The monoisotopic (exact) mass is 965 g/mol. The topological polar surface area (TPSA) is 3.24 Å². The molecular weight excluding hydrogens is 915 g/mol. The van der Waals surface area contributed by atoms with Crippen LogP contribution in [-0.4, -0.2) is 0 Å². The van der Waals surface area contributed by atoms with Crippen LogP contribution in [-0.2, 0) is 5.41 Å². The Kier molecular flexibility index (Phi) is 9.99. The first-order valence-electron chi connectivity index (χ1n) is 26.6. The molecule has 1 aliphatic carbocycles. The minimum atomic E-state index is -0.250. The summed E-state index contributed by atoms with van der Waals surface area (Å²) in [6, 6.07) is 97.0. The molecule has 0 amide bonds. The molecule has 0 radical (unpaired) electrons. The number of nitrogens with zero attached hydrogens (tertiary/aromatic N) is 1. The molecular formula is C75H51N. The Labute approximate surface area is 442 Å². The number of hydrogen-bond acceptors (Lipinski definition) is 1. The van der Waals surface area contributed by atoms with E-state index in [0.717, 1.165) is 17.1 Å². The number of hydrogen-bond donors (Lipinski definition) is 0. The number of fused-ring (bicyclic) bond motifs is 16. The first-order valence-corrected chi connectivity index (χ1v) is 26.6. The van der Waals surface area contributed by atoms with Gasteiger partial charge in [-0.3, -0.25) is 0 Å². The Morgan fingerprint density at radius 2 is 0.618 bits per heavy atom. The Morgan fingerprint density at radius 1 is 0.263 bits per heavy atom. The summed E-state index contributed by atoms with van der Waals surface area (Å²) in [5.74, 6) is 0. The van der Waals surface area contributed by atoms with Crippen LogP contribution in [0.1, 0.15) is 36.1 Å². The van der Waals surface area contributed by atoms with Crippen LogP contribution < -0.4 is 4.90 Å². The van der Waals surface area contributed by atoms with E-state index in [9.17, 15) is 0 Å². The van der Waals surface area contributed by atoms with Crippen LogP contribution in [0.2, 0.25) is 0 Å². The summed E-state index contributed by atoms with van der Waals surface area (Å²) in [7, 11) is 0. The molecule has 0 bridgehead atoms. The zero-order chi connectivity index (χ0) is 50.5. The maximum atomic E-state index is 2.50. The molecule has 0 fully saturated rings. The summed E-state index contributed by atoms with van der Waals surface area (Å²) >= 11 is 0. The molecule has 14 aromatic carbocycles. The molecule has 1 aliphatic rings. The van der Waals surface area contributed by atoms with Crippen molar-refractivity contribution in [2.45, 2.75) is 19.3 Å². The van der Waals surface area contributed by atoms with Crippen molar-refractivity contribution in [3.63, 3.8) is 0 Å². The molecule has 356 valence electrons. The molecule has 1 nitrogen and oxygen atoms in total.